The van der Waals surface area contributed by atoms with Crippen LogP contribution < -0.4 is 10.6 Å². The van der Waals surface area contributed by atoms with Gasteiger partial charge in [0.2, 0.25) is 0 Å². The van der Waals surface area contributed by atoms with Crippen molar-refractivity contribution in [1.82, 2.24) is 0 Å². The number of halogens is 1. The average molecular weight is 282 g/mol. The van der Waals surface area contributed by atoms with Gasteiger partial charge in [0.15, 0.2) is 0 Å². The lowest BCUT2D eigenvalue weighted by atomic mass is 10.1. The first-order valence-electron chi connectivity index (χ1n) is 6.62. The number of nitrogens with zero attached hydrogens (tertiary/aromatic N) is 1. The number of hydrogen-bond acceptors (Lipinski definition) is 3. The van der Waals surface area contributed by atoms with Crippen molar-refractivity contribution in [2.24, 2.45) is 5.73 Å². The molecule has 1 heterocycles. The van der Waals surface area contributed by atoms with Crippen LogP contribution >= 0.6 is 11.6 Å². The number of benzene rings is 1. The Morgan fingerprint density at radius 3 is 3.00 bits per heavy atom. The first-order chi connectivity index (χ1) is 9.11. The smallest absolute Gasteiger partial charge is 0.124 e. The van der Waals surface area contributed by atoms with Gasteiger partial charge in [0.1, 0.15) is 5.84 Å². The molecule has 0 amide bonds. The van der Waals surface area contributed by atoms with Crippen LogP contribution in [0.2, 0.25) is 5.02 Å². The summed E-state index contributed by atoms with van der Waals surface area (Å²) in [4.78, 5) is 2.28. The van der Waals surface area contributed by atoms with Crippen LogP contribution in [0.4, 0.5) is 5.69 Å². The quantitative estimate of drug-likeness (QED) is 0.659. The number of nitrogens with one attached hydrogen (secondary N) is 1. The molecule has 1 aliphatic rings. The van der Waals surface area contributed by atoms with E-state index in [0.717, 1.165) is 38.2 Å². The molecule has 0 saturated carbocycles. The van der Waals surface area contributed by atoms with Crippen molar-refractivity contribution in [1.29, 1.82) is 5.41 Å². The van der Waals surface area contributed by atoms with Crippen molar-refractivity contribution in [3.63, 3.8) is 0 Å². The molecule has 104 valence electrons. The summed E-state index contributed by atoms with van der Waals surface area (Å²) in [5.74, 6) is 0.00221. The van der Waals surface area contributed by atoms with E-state index in [1.165, 1.54) is 0 Å². The van der Waals surface area contributed by atoms with E-state index in [-0.39, 0.29) is 5.84 Å². The predicted molar refractivity (Wildman–Crippen MR) is 79.3 cm³/mol. The third-order valence-electron chi connectivity index (χ3n) is 3.39. The molecule has 0 aromatic heterocycles. The fourth-order valence-corrected chi connectivity index (χ4v) is 2.74. The van der Waals surface area contributed by atoms with E-state index in [1.54, 1.807) is 0 Å². The third-order valence-corrected chi connectivity index (χ3v) is 3.70. The Morgan fingerprint density at radius 1 is 1.58 bits per heavy atom. The Hall–Kier alpha value is -1.26. The van der Waals surface area contributed by atoms with Crippen molar-refractivity contribution in [2.75, 3.05) is 24.6 Å². The van der Waals surface area contributed by atoms with Crippen LogP contribution in [0.15, 0.2) is 18.2 Å². The highest BCUT2D eigenvalue weighted by atomic mass is 35.5. The Kier molecular flexibility index (Phi) is 4.66. The van der Waals surface area contributed by atoms with Crippen LogP contribution in [0.1, 0.15) is 25.3 Å². The van der Waals surface area contributed by atoms with Gasteiger partial charge in [-0.2, -0.15) is 0 Å². The van der Waals surface area contributed by atoms with E-state index in [9.17, 15) is 0 Å². The molecule has 19 heavy (non-hydrogen) atoms. The van der Waals surface area contributed by atoms with Gasteiger partial charge in [0.05, 0.1) is 11.1 Å². The Morgan fingerprint density at radius 2 is 2.37 bits per heavy atom. The minimum Gasteiger partial charge on any atom is -0.384 e. The van der Waals surface area contributed by atoms with Crippen LogP contribution in [0, 0.1) is 5.41 Å². The molecule has 1 fully saturated rings. The second-order valence-corrected chi connectivity index (χ2v) is 5.15. The molecule has 4 nitrogen and oxygen atoms in total. The molecular formula is C14H20ClN3O. The first-order valence-corrected chi connectivity index (χ1v) is 7.00. The molecule has 0 radical (unpaired) electrons. The van der Waals surface area contributed by atoms with E-state index in [2.05, 4.69) is 4.90 Å². The number of nitrogens with two attached hydrogens (primary N) is 1. The summed E-state index contributed by atoms with van der Waals surface area (Å²) in [6.45, 7) is 4.68. The van der Waals surface area contributed by atoms with Crippen LogP contribution in [-0.2, 0) is 4.74 Å². The fraction of sp³-hybridized carbons (Fsp3) is 0.500. The van der Waals surface area contributed by atoms with Gasteiger partial charge in [-0.3, -0.25) is 5.41 Å². The van der Waals surface area contributed by atoms with E-state index in [1.807, 2.05) is 25.1 Å². The lowest BCUT2D eigenvalue weighted by Crippen LogP contribution is -2.39. The van der Waals surface area contributed by atoms with Crippen LogP contribution in [0.5, 0.6) is 0 Å². The molecule has 0 aliphatic carbocycles. The monoisotopic (exact) mass is 281 g/mol. The van der Waals surface area contributed by atoms with E-state index in [4.69, 9.17) is 27.5 Å². The summed E-state index contributed by atoms with van der Waals surface area (Å²) in [5.41, 5.74) is 7.13. The van der Waals surface area contributed by atoms with Gasteiger partial charge in [0.25, 0.3) is 0 Å². The molecule has 5 heteroatoms. The topological polar surface area (TPSA) is 62.3 Å². The zero-order valence-corrected chi connectivity index (χ0v) is 11.9. The lowest BCUT2D eigenvalue weighted by molar-refractivity contribution is 0.0527. The maximum absolute atomic E-state index is 7.44. The number of amidine groups is 1. The maximum atomic E-state index is 7.44. The summed E-state index contributed by atoms with van der Waals surface area (Å²) in [6, 6.07) is 5.66. The second kappa shape index (κ2) is 6.26. The van der Waals surface area contributed by atoms with Gasteiger partial charge < -0.3 is 15.4 Å². The molecule has 1 aliphatic heterocycles. The van der Waals surface area contributed by atoms with Gasteiger partial charge in [-0.1, -0.05) is 11.6 Å². The van der Waals surface area contributed by atoms with Gasteiger partial charge in [0, 0.05) is 30.9 Å². The molecule has 1 aromatic carbocycles. The summed E-state index contributed by atoms with van der Waals surface area (Å²) < 4.78 is 5.70. The van der Waals surface area contributed by atoms with Crippen LogP contribution in [0.3, 0.4) is 0 Å². The average Bonchev–Trinajstić information content (AvgIpc) is 2.39. The van der Waals surface area contributed by atoms with Crippen molar-refractivity contribution >= 4 is 23.1 Å². The molecule has 0 bridgehead atoms. The number of ether oxygens (including phenoxy) is 1. The number of nitrogen functional groups attached to an aromatic ring is 1. The lowest BCUT2D eigenvalue weighted by Gasteiger charge is -2.34. The van der Waals surface area contributed by atoms with Gasteiger partial charge >= 0.3 is 0 Å². The highest BCUT2D eigenvalue weighted by Crippen LogP contribution is 2.26. The molecular weight excluding hydrogens is 262 g/mol. The van der Waals surface area contributed by atoms with Crippen LogP contribution in [-0.4, -0.2) is 31.6 Å². The van der Waals surface area contributed by atoms with Gasteiger partial charge in [-0.05, 0) is 38.0 Å². The predicted octanol–water partition coefficient (Wildman–Crippen LogP) is 2.63. The van der Waals surface area contributed by atoms with E-state index < -0.39 is 0 Å². The zero-order chi connectivity index (χ0) is 13.8. The summed E-state index contributed by atoms with van der Waals surface area (Å²) in [5, 5.41) is 7.97. The number of rotatable bonds is 4. The molecule has 1 atom stereocenters. The minimum absolute atomic E-state index is 0.00221. The van der Waals surface area contributed by atoms with Crippen molar-refractivity contribution in [3.8, 4) is 0 Å². The first kappa shape index (κ1) is 14.2. The zero-order valence-electron chi connectivity index (χ0n) is 11.2. The van der Waals surface area contributed by atoms with E-state index in [0.29, 0.717) is 16.7 Å². The Labute approximate surface area is 119 Å². The molecule has 2 rings (SSSR count). The molecule has 3 N–H and O–H groups in total. The molecule has 1 aromatic rings. The third kappa shape index (κ3) is 3.39. The standard InChI is InChI=1S/C14H20ClN3O/c1-2-19-11-4-3-7-18(9-11)10-5-6-12(14(16)17)13(15)8-10/h5-6,8,11H,2-4,7,9H2,1H3,(H3,16,17). The van der Waals surface area contributed by atoms with Crippen molar-refractivity contribution in [2.45, 2.75) is 25.9 Å². The highest BCUT2D eigenvalue weighted by molar-refractivity contribution is 6.34. The molecule has 1 saturated heterocycles. The van der Waals surface area contributed by atoms with Crippen LogP contribution in [0.25, 0.3) is 0 Å². The number of piperidine rings is 1. The molecule has 0 spiro atoms. The number of anilines is 1. The van der Waals surface area contributed by atoms with Gasteiger partial charge in [-0.25, -0.2) is 0 Å². The second-order valence-electron chi connectivity index (χ2n) is 4.74. The Bertz CT molecular complexity index is 462. The van der Waals surface area contributed by atoms with Gasteiger partial charge in [-0.15, -0.1) is 0 Å². The summed E-state index contributed by atoms with van der Waals surface area (Å²) in [7, 11) is 0. The Balaban J connectivity index is 2.13. The minimum atomic E-state index is 0.00221. The van der Waals surface area contributed by atoms with Crippen molar-refractivity contribution < 1.29 is 4.74 Å². The van der Waals surface area contributed by atoms with Crippen molar-refractivity contribution in [3.05, 3.63) is 28.8 Å². The number of hydrogen-bond donors (Lipinski definition) is 2. The largest absolute Gasteiger partial charge is 0.384 e. The highest BCUT2D eigenvalue weighted by Gasteiger charge is 2.20. The SMILES string of the molecule is CCOC1CCCN(c2ccc(C(=N)N)c(Cl)c2)C1. The van der Waals surface area contributed by atoms with E-state index >= 15 is 0 Å². The summed E-state index contributed by atoms with van der Waals surface area (Å²) >= 11 is 6.16. The fourth-order valence-electron chi connectivity index (χ4n) is 2.46. The normalized spacial score (nSPS) is 19.5. The molecule has 1 unspecified atom stereocenters. The summed E-state index contributed by atoms with van der Waals surface area (Å²) in [6.07, 6.45) is 2.53. The maximum Gasteiger partial charge on any atom is 0.124 e.